The molecule has 3 rings (SSSR count). The molecule has 0 aliphatic carbocycles. The average Bonchev–Trinajstić information content (AvgIpc) is 3.09. The van der Waals surface area contributed by atoms with Gasteiger partial charge in [0.05, 0.1) is 12.1 Å². The number of aliphatic hydroxyl groups is 1. The van der Waals surface area contributed by atoms with Gasteiger partial charge < -0.3 is 14.9 Å². The number of hydrogen-bond acceptors (Lipinski definition) is 5. The summed E-state index contributed by atoms with van der Waals surface area (Å²) in [5.41, 5.74) is 1.87. The van der Waals surface area contributed by atoms with E-state index in [-0.39, 0.29) is 30.9 Å². The van der Waals surface area contributed by atoms with Gasteiger partial charge in [-0.25, -0.2) is 0 Å². The van der Waals surface area contributed by atoms with Crippen LogP contribution in [0.1, 0.15) is 17.7 Å². The number of carbonyl (C=O) groups is 1. The number of benzene rings is 1. The molecule has 2 heterocycles. The van der Waals surface area contributed by atoms with E-state index in [0.717, 1.165) is 26.1 Å². The molecular formula is C18H23N3O3. The average molecular weight is 329 g/mol. The Morgan fingerprint density at radius 1 is 1.33 bits per heavy atom. The van der Waals surface area contributed by atoms with Crippen molar-refractivity contribution in [3.05, 3.63) is 53.9 Å². The summed E-state index contributed by atoms with van der Waals surface area (Å²) in [6.45, 7) is 2.61. The second-order valence-corrected chi connectivity index (χ2v) is 6.29. The molecule has 0 radical (unpaired) electrons. The highest BCUT2D eigenvalue weighted by Crippen LogP contribution is 2.19. The van der Waals surface area contributed by atoms with Crippen molar-refractivity contribution < 1.29 is 14.4 Å². The van der Waals surface area contributed by atoms with E-state index in [9.17, 15) is 9.90 Å². The summed E-state index contributed by atoms with van der Waals surface area (Å²) in [6.07, 6.45) is 2.53. The minimum Gasteiger partial charge on any atom is -0.396 e. The van der Waals surface area contributed by atoms with E-state index in [1.165, 1.54) is 11.8 Å². The fraction of sp³-hybridized carbons (Fsp3) is 0.444. The van der Waals surface area contributed by atoms with Gasteiger partial charge in [-0.15, -0.1) is 0 Å². The molecule has 24 heavy (non-hydrogen) atoms. The maximum atomic E-state index is 12.2. The molecule has 128 valence electrons. The Balaban J connectivity index is 1.57. The largest absolute Gasteiger partial charge is 0.396 e. The fourth-order valence-corrected chi connectivity index (χ4v) is 3.19. The summed E-state index contributed by atoms with van der Waals surface area (Å²) in [7, 11) is 0. The van der Waals surface area contributed by atoms with Crippen molar-refractivity contribution in [1.29, 1.82) is 0 Å². The Hall–Kier alpha value is -2.18. The molecule has 0 bridgehead atoms. The zero-order chi connectivity index (χ0) is 16.8. The topological polar surface area (TPSA) is 78.6 Å². The molecule has 0 unspecified atom stereocenters. The van der Waals surface area contributed by atoms with Crippen LogP contribution in [-0.2, 0) is 17.8 Å². The summed E-state index contributed by atoms with van der Waals surface area (Å²) in [5, 5.41) is 16.4. The number of nitrogens with one attached hydrogen (secondary N) is 1. The van der Waals surface area contributed by atoms with E-state index in [1.54, 1.807) is 6.07 Å². The molecule has 1 aliphatic heterocycles. The molecule has 1 fully saturated rings. The summed E-state index contributed by atoms with van der Waals surface area (Å²) in [4.78, 5) is 14.5. The zero-order valence-corrected chi connectivity index (χ0v) is 13.6. The highest BCUT2D eigenvalue weighted by Gasteiger charge is 2.30. The van der Waals surface area contributed by atoms with Crippen LogP contribution in [-0.4, -0.2) is 46.8 Å². The molecule has 1 aromatic carbocycles. The third-order valence-corrected chi connectivity index (χ3v) is 4.50. The Morgan fingerprint density at radius 2 is 2.17 bits per heavy atom. The van der Waals surface area contributed by atoms with Crippen molar-refractivity contribution in [1.82, 2.24) is 15.4 Å². The van der Waals surface area contributed by atoms with Gasteiger partial charge in [-0.05, 0) is 18.5 Å². The predicted octanol–water partition coefficient (Wildman–Crippen LogP) is 1.22. The molecular weight excluding hydrogens is 306 g/mol. The number of aromatic nitrogens is 1. The first-order valence-corrected chi connectivity index (χ1v) is 8.30. The second-order valence-electron chi connectivity index (χ2n) is 6.29. The number of aliphatic hydroxyl groups excluding tert-OH is 1. The number of rotatable bonds is 6. The van der Waals surface area contributed by atoms with Gasteiger partial charge in [-0.1, -0.05) is 35.5 Å². The maximum Gasteiger partial charge on any atom is 0.226 e. The van der Waals surface area contributed by atoms with Crippen molar-refractivity contribution in [2.45, 2.75) is 25.4 Å². The number of hydrogen-bond donors (Lipinski definition) is 2. The van der Waals surface area contributed by atoms with E-state index in [1.807, 2.05) is 18.2 Å². The molecule has 2 aromatic rings. The maximum absolute atomic E-state index is 12.2. The lowest BCUT2D eigenvalue weighted by Crippen LogP contribution is -2.53. The zero-order valence-electron chi connectivity index (χ0n) is 13.6. The first-order chi connectivity index (χ1) is 11.7. The van der Waals surface area contributed by atoms with Crippen LogP contribution in [0, 0.1) is 5.92 Å². The first kappa shape index (κ1) is 16.7. The minimum atomic E-state index is -0.0890. The molecule has 1 aliphatic rings. The number of nitrogens with zero attached hydrogens (tertiary/aromatic N) is 2. The third kappa shape index (κ3) is 4.43. The molecule has 0 saturated carbocycles. The fourth-order valence-electron chi connectivity index (χ4n) is 3.19. The molecule has 2 N–H and O–H groups in total. The highest BCUT2D eigenvalue weighted by molar-refractivity contribution is 5.78. The van der Waals surface area contributed by atoms with Crippen molar-refractivity contribution in [3.8, 4) is 0 Å². The van der Waals surface area contributed by atoms with E-state index in [0.29, 0.717) is 5.69 Å². The minimum absolute atomic E-state index is 0.0492. The van der Waals surface area contributed by atoms with Gasteiger partial charge in [-0.3, -0.25) is 9.69 Å². The van der Waals surface area contributed by atoms with E-state index in [4.69, 9.17) is 4.52 Å². The number of piperidine rings is 1. The third-order valence-electron chi connectivity index (χ3n) is 4.50. The van der Waals surface area contributed by atoms with Gasteiger partial charge in [0.25, 0.3) is 0 Å². The smallest absolute Gasteiger partial charge is 0.226 e. The molecule has 6 nitrogen and oxygen atoms in total. The van der Waals surface area contributed by atoms with Crippen LogP contribution in [0.5, 0.6) is 0 Å². The lowest BCUT2D eigenvalue weighted by atomic mass is 9.91. The van der Waals surface area contributed by atoms with Crippen molar-refractivity contribution in [3.63, 3.8) is 0 Å². The Morgan fingerprint density at radius 3 is 2.88 bits per heavy atom. The number of carbonyl (C=O) groups excluding carboxylic acids is 1. The van der Waals surface area contributed by atoms with Crippen LogP contribution in [0.4, 0.5) is 0 Å². The van der Waals surface area contributed by atoms with Crippen LogP contribution in [0.25, 0.3) is 0 Å². The van der Waals surface area contributed by atoms with Crippen LogP contribution in [0.3, 0.4) is 0 Å². The lowest BCUT2D eigenvalue weighted by molar-refractivity contribution is -0.122. The molecule has 1 aromatic heterocycles. The van der Waals surface area contributed by atoms with Gasteiger partial charge in [0, 0.05) is 37.7 Å². The lowest BCUT2D eigenvalue weighted by Gasteiger charge is -2.38. The summed E-state index contributed by atoms with van der Waals surface area (Å²) in [5.74, 6) is 0.00666. The molecule has 1 amide bonds. The van der Waals surface area contributed by atoms with Gasteiger partial charge in [0.1, 0.15) is 6.26 Å². The van der Waals surface area contributed by atoms with E-state index < -0.39 is 0 Å². The highest BCUT2D eigenvalue weighted by atomic mass is 16.5. The van der Waals surface area contributed by atoms with E-state index in [2.05, 4.69) is 27.5 Å². The van der Waals surface area contributed by atoms with Crippen LogP contribution in [0.15, 0.2) is 47.2 Å². The van der Waals surface area contributed by atoms with Crippen molar-refractivity contribution >= 4 is 5.91 Å². The molecule has 2 atom stereocenters. The molecule has 1 saturated heterocycles. The van der Waals surface area contributed by atoms with Gasteiger partial charge >= 0.3 is 0 Å². The Kier molecular flexibility index (Phi) is 5.61. The van der Waals surface area contributed by atoms with Crippen LogP contribution >= 0.6 is 0 Å². The van der Waals surface area contributed by atoms with Crippen LogP contribution < -0.4 is 5.32 Å². The van der Waals surface area contributed by atoms with Crippen molar-refractivity contribution in [2.24, 2.45) is 5.92 Å². The summed E-state index contributed by atoms with van der Waals surface area (Å²) in [6, 6.07) is 11.9. The molecule has 6 heteroatoms. The molecule has 0 spiro atoms. The van der Waals surface area contributed by atoms with Crippen LogP contribution in [0.2, 0.25) is 0 Å². The SMILES string of the molecule is O=C(Cc1ccon1)N[C@@H]1CN(Cc2ccccc2)CC[C@@H]1CO. The number of amides is 1. The quantitative estimate of drug-likeness (QED) is 0.833. The van der Waals surface area contributed by atoms with Gasteiger partial charge in [0.2, 0.25) is 5.91 Å². The van der Waals surface area contributed by atoms with Crippen molar-refractivity contribution in [2.75, 3.05) is 19.7 Å². The Bertz CT molecular complexity index is 630. The standard InChI is InChI=1S/C18H23N3O3/c22-13-15-6-8-21(11-14-4-2-1-3-5-14)12-17(15)19-18(23)10-16-7-9-24-20-16/h1-5,7,9,15,17,22H,6,8,10-13H2,(H,19,23)/t15-,17-/m1/s1. The van der Waals surface area contributed by atoms with Gasteiger partial charge in [0.15, 0.2) is 0 Å². The Labute approximate surface area is 141 Å². The van der Waals surface area contributed by atoms with E-state index >= 15 is 0 Å². The first-order valence-electron chi connectivity index (χ1n) is 8.30. The normalized spacial score (nSPS) is 21.5. The van der Waals surface area contributed by atoms with Gasteiger partial charge in [-0.2, -0.15) is 0 Å². The summed E-state index contributed by atoms with van der Waals surface area (Å²) >= 11 is 0. The summed E-state index contributed by atoms with van der Waals surface area (Å²) < 4.78 is 4.75. The number of likely N-dealkylation sites (tertiary alicyclic amines) is 1. The second kappa shape index (κ2) is 8.08. The monoisotopic (exact) mass is 329 g/mol. The predicted molar refractivity (Wildman–Crippen MR) is 89.0 cm³/mol.